The molecule has 0 saturated carbocycles. The van der Waals surface area contributed by atoms with Gasteiger partial charge in [-0.15, -0.1) is 0 Å². The van der Waals surface area contributed by atoms with E-state index in [9.17, 15) is 4.79 Å². The van der Waals surface area contributed by atoms with Gasteiger partial charge in [-0.25, -0.2) is 0 Å². The molecule has 0 aliphatic carbocycles. The Hall–Kier alpha value is -2.57. The molecule has 6 nitrogen and oxygen atoms in total. The molecule has 2 bridgehead atoms. The van der Waals surface area contributed by atoms with Crippen molar-refractivity contribution >= 4 is 17.3 Å². The Morgan fingerprint density at radius 2 is 1.86 bits per heavy atom. The zero-order chi connectivity index (χ0) is 23.9. The zero-order valence-electron chi connectivity index (χ0n) is 21.0. The molecule has 7 atom stereocenters. The smallest absolute Gasteiger partial charge is 0.223 e. The third kappa shape index (κ3) is 2.08. The van der Waals surface area contributed by atoms with Gasteiger partial charge in [0, 0.05) is 43.3 Å². The summed E-state index contributed by atoms with van der Waals surface area (Å²) in [6.45, 7) is 8.24. The highest BCUT2D eigenvalue weighted by atomic mass is 16.6. The molecule has 8 rings (SSSR count). The van der Waals surface area contributed by atoms with Crippen LogP contribution >= 0.6 is 0 Å². The van der Waals surface area contributed by atoms with Gasteiger partial charge >= 0.3 is 0 Å². The number of piperidine rings is 1. The van der Waals surface area contributed by atoms with Crippen LogP contribution in [-0.4, -0.2) is 59.9 Å². The Kier molecular flexibility index (Phi) is 3.66. The van der Waals surface area contributed by atoms with Crippen LogP contribution in [0.2, 0.25) is 0 Å². The summed E-state index contributed by atoms with van der Waals surface area (Å²) < 4.78 is 6.40. The first kappa shape index (κ1) is 20.6. The van der Waals surface area contributed by atoms with E-state index in [1.165, 1.54) is 28.1 Å². The van der Waals surface area contributed by atoms with Crippen molar-refractivity contribution < 1.29 is 9.53 Å². The van der Waals surface area contributed by atoms with Crippen molar-refractivity contribution in [2.45, 2.75) is 80.9 Å². The van der Waals surface area contributed by atoms with E-state index in [0.29, 0.717) is 6.42 Å². The van der Waals surface area contributed by atoms with Gasteiger partial charge < -0.3 is 19.9 Å². The van der Waals surface area contributed by atoms with Crippen LogP contribution in [0.25, 0.3) is 0 Å². The van der Waals surface area contributed by atoms with Crippen LogP contribution in [-0.2, 0) is 20.4 Å². The SMILES string of the molecule is CCC(=O)N1CC[C@]23c4ccccc4N[C@H]4N(C)c5cccc6c5[C@]42CCN([C@H]6C2OC2(C)C)[C@H]13. The minimum atomic E-state index is -0.161. The summed E-state index contributed by atoms with van der Waals surface area (Å²) in [4.78, 5) is 21.0. The number of amides is 1. The van der Waals surface area contributed by atoms with Crippen LogP contribution < -0.4 is 10.2 Å². The van der Waals surface area contributed by atoms with Gasteiger partial charge in [0.25, 0.3) is 0 Å². The summed E-state index contributed by atoms with van der Waals surface area (Å²) in [5.41, 5.74) is 6.50. The number of likely N-dealkylation sites (N-methyl/N-ethyl adjacent to an activating group) is 1. The number of rotatable bonds is 2. The molecule has 2 spiro atoms. The van der Waals surface area contributed by atoms with E-state index in [0.717, 1.165) is 25.9 Å². The second-order valence-electron chi connectivity index (χ2n) is 12.0. The van der Waals surface area contributed by atoms with Gasteiger partial charge in [-0.05, 0) is 55.5 Å². The molecule has 6 aliphatic rings. The Balaban J connectivity index is 1.50. The molecule has 3 fully saturated rings. The first-order valence-electron chi connectivity index (χ1n) is 13.3. The lowest BCUT2D eigenvalue weighted by atomic mass is 9.50. The highest BCUT2D eigenvalue weighted by Gasteiger charge is 2.77. The number of likely N-dealkylation sites (tertiary alicyclic amines) is 1. The van der Waals surface area contributed by atoms with Crippen molar-refractivity contribution in [1.29, 1.82) is 0 Å². The monoisotopic (exact) mass is 470 g/mol. The maximum atomic E-state index is 13.5. The number of nitrogens with one attached hydrogen (secondary N) is 1. The predicted octanol–water partition coefficient (Wildman–Crippen LogP) is 3.97. The Morgan fingerprint density at radius 3 is 2.63 bits per heavy atom. The average Bonchev–Trinajstić information content (AvgIpc) is 3.26. The fourth-order valence-electron chi connectivity index (χ4n) is 9.19. The van der Waals surface area contributed by atoms with Gasteiger partial charge in [0.15, 0.2) is 0 Å². The van der Waals surface area contributed by atoms with Crippen LogP contribution in [0.3, 0.4) is 0 Å². The van der Waals surface area contributed by atoms with E-state index >= 15 is 0 Å². The summed E-state index contributed by atoms with van der Waals surface area (Å²) in [6.07, 6.45) is 2.96. The fourth-order valence-corrected chi connectivity index (χ4v) is 9.19. The molecule has 6 heteroatoms. The zero-order valence-corrected chi connectivity index (χ0v) is 21.0. The number of hydrogen-bond donors (Lipinski definition) is 1. The van der Waals surface area contributed by atoms with Crippen molar-refractivity contribution in [3.63, 3.8) is 0 Å². The second-order valence-corrected chi connectivity index (χ2v) is 12.0. The lowest BCUT2D eigenvalue weighted by Gasteiger charge is -2.62. The predicted molar refractivity (Wildman–Crippen MR) is 135 cm³/mol. The minimum absolute atomic E-state index is 0.0335. The van der Waals surface area contributed by atoms with Crippen molar-refractivity contribution in [2.24, 2.45) is 0 Å². The summed E-state index contributed by atoms with van der Waals surface area (Å²) >= 11 is 0. The van der Waals surface area contributed by atoms with E-state index in [2.05, 4.69) is 83.4 Å². The maximum Gasteiger partial charge on any atom is 0.223 e. The highest BCUT2D eigenvalue weighted by Crippen LogP contribution is 2.72. The summed E-state index contributed by atoms with van der Waals surface area (Å²) in [6, 6.07) is 16.0. The quantitative estimate of drug-likeness (QED) is 0.673. The first-order valence-corrected chi connectivity index (χ1v) is 13.3. The molecule has 0 aromatic heterocycles. The maximum absolute atomic E-state index is 13.5. The molecule has 1 N–H and O–H groups in total. The number of ether oxygens (including phenoxy) is 1. The molecule has 2 aromatic carbocycles. The molecular formula is C29H34N4O2. The van der Waals surface area contributed by atoms with Crippen LogP contribution in [0.15, 0.2) is 42.5 Å². The number of carbonyl (C=O) groups is 1. The number of anilines is 2. The van der Waals surface area contributed by atoms with Crippen molar-refractivity contribution in [3.8, 4) is 0 Å². The number of epoxide rings is 1. The molecule has 35 heavy (non-hydrogen) atoms. The Bertz CT molecular complexity index is 1290. The molecule has 6 aliphatic heterocycles. The molecule has 2 aromatic rings. The number of para-hydroxylation sites is 1. The second kappa shape index (κ2) is 6.22. The van der Waals surface area contributed by atoms with Gasteiger partial charge in [0.05, 0.1) is 23.2 Å². The molecule has 182 valence electrons. The Labute approximate surface area is 207 Å². The van der Waals surface area contributed by atoms with Crippen LogP contribution in [0.5, 0.6) is 0 Å². The molecule has 6 heterocycles. The Morgan fingerprint density at radius 1 is 1.09 bits per heavy atom. The number of fused-ring (bicyclic) bond motifs is 1. The topological polar surface area (TPSA) is 51.4 Å². The first-order chi connectivity index (χ1) is 16.9. The van der Waals surface area contributed by atoms with Gasteiger partial charge in [0.1, 0.15) is 12.3 Å². The van der Waals surface area contributed by atoms with Gasteiger partial charge in [-0.2, -0.15) is 0 Å². The van der Waals surface area contributed by atoms with E-state index in [1.54, 1.807) is 0 Å². The van der Waals surface area contributed by atoms with Crippen LogP contribution in [0.1, 0.15) is 62.8 Å². The highest BCUT2D eigenvalue weighted by molar-refractivity contribution is 5.81. The standard InChI is InChI=1S/C29H34N4O2/c1-5-21(34)32-15-13-28-18-10-6-7-11-19(18)30-25-29(28)14-16-33(26(28)32)23(24-27(2,3)35-24)17-9-8-12-20(22(17)29)31(25)4/h6-12,23-26,30H,5,13-16H2,1-4H3/t23-,24?,25+,26+,28-,29-/m1/s1. The number of benzene rings is 2. The molecule has 3 saturated heterocycles. The lowest BCUT2D eigenvalue weighted by molar-refractivity contribution is -0.142. The molecule has 0 radical (unpaired) electrons. The van der Waals surface area contributed by atoms with Gasteiger partial charge in [0.2, 0.25) is 5.91 Å². The third-order valence-corrected chi connectivity index (χ3v) is 10.5. The third-order valence-electron chi connectivity index (χ3n) is 10.5. The number of carbonyl (C=O) groups excluding carboxylic acids is 1. The molecule has 1 amide bonds. The summed E-state index contributed by atoms with van der Waals surface area (Å²) in [5.74, 6) is 0.272. The summed E-state index contributed by atoms with van der Waals surface area (Å²) in [7, 11) is 2.26. The van der Waals surface area contributed by atoms with E-state index < -0.39 is 0 Å². The van der Waals surface area contributed by atoms with E-state index in [4.69, 9.17) is 4.74 Å². The fraction of sp³-hybridized carbons (Fsp3) is 0.552. The van der Waals surface area contributed by atoms with Crippen molar-refractivity contribution in [1.82, 2.24) is 9.80 Å². The molecule has 2 unspecified atom stereocenters. The summed E-state index contributed by atoms with van der Waals surface area (Å²) in [5, 5.41) is 4.01. The van der Waals surface area contributed by atoms with Crippen LogP contribution in [0.4, 0.5) is 11.4 Å². The van der Waals surface area contributed by atoms with Crippen LogP contribution in [0, 0.1) is 0 Å². The van der Waals surface area contributed by atoms with E-state index in [1.807, 2.05) is 6.92 Å². The van der Waals surface area contributed by atoms with Crippen molar-refractivity contribution in [2.75, 3.05) is 30.4 Å². The number of hydrogen-bond acceptors (Lipinski definition) is 5. The minimum Gasteiger partial charge on any atom is -0.365 e. The van der Waals surface area contributed by atoms with Gasteiger partial charge in [-0.1, -0.05) is 37.3 Å². The largest absolute Gasteiger partial charge is 0.365 e. The lowest BCUT2D eigenvalue weighted by Crippen LogP contribution is -2.73. The van der Waals surface area contributed by atoms with Gasteiger partial charge in [-0.3, -0.25) is 9.69 Å². The normalized spacial score (nSPS) is 40.5. The van der Waals surface area contributed by atoms with Crippen molar-refractivity contribution in [3.05, 3.63) is 59.2 Å². The average molecular weight is 471 g/mol. The number of nitrogens with zero attached hydrogens (tertiary/aromatic N) is 3. The van der Waals surface area contributed by atoms with E-state index in [-0.39, 0.29) is 46.8 Å². The molecular weight excluding hydrogens is 436 g/mol.